The quantitative estimate of drug-likeness (QED) is 0.107. The first-order valence-corrected chi connectivity index (χ1v) is 17.1. The van der Waals surface area contributed by atoms with Crippen molar-refractivity contribution in [2.24, 2.45) is 5.92 Å². The van der Waals surface area contributed by atoms with Gasteiger partial charge in [0.15, 0.2) is 29.8 Å². The Balaban J connectivity index is 1.88. The van der Waals surface area contributed by atoms with E-state index in [1.165, 1.54) is 32.1 Å². The number of benzene rings is 1. The number of ether oxygens (including phenoxy) is 11. The van der Waals surface area contributed by atoms with E-state index >= 15 is 0 Å². The first-order valence-electron chi connectivity index (χ1n) is 17.1. The van der Waals surface area contributed by atoms with E-state index < -0.39 is 104 Å². The summed E-state index contributed by atoms with van der Waals surface area (Å²) < 4.78 is 60.0. The number of methoxy groups -OCH3 is 1. The minimum absolute atomic E-state index is 0.00739. The highest BCUT2D eigenvalue weighted by Gasteiger charge is 2.54. The van der Waals surface area contributed by atoms with Gasteiger partial charge in [-0.1, -0.05) is 12.1 Å². The summed E-state index contributed by atoms with van der Waals surface area (Å²) in [5.74, 6) is -7.16. The highest BCUT2D eigenvalue weighted by atomic mass is 16.8. The van der Waals surface area contributed by atoms with Crippen LogP contribution >= 0.6 is 0 Å². The Morgan fingerprint density at radius 2 is 1.34 bits per heavy atom. The molecular weight excluding hydrogens is 748 g/mol. The second-order valence-electron chi connectivity index (χ2n) is 12.2. The Bertz CT molecular complexity index is 1730. The standard InChI is InChI=1S/C37H44O19/c1-9-25-26(15-31(44)47-13-12-24-10-11-28(50-19(3)39)29(14-24)51-20(4)40)27(35(45)46-8)16-49-36(25)56-37-34(54-23(7)43)33(53-22(6)42)32(52-21(5)41)30(55-37)17-48-18(2)38/h9-11,14,16,26,30,32-34,36-37H,12-13,15,17H2,1-8H3/b25-9-. The second kappa shape index (κ2) is 20.7. The summed E-state index contributed by atoms with van der Waals surface area (Å²) in [6.07, 6.45) is -6.73. The lowest BCUT2D eigenvalue weighted by Gasteiger charge is -2.45. The highest BCUT2D eigenvalue weighted by molar-refractivity contribution is 5.90. The highest BCUT2D eigenvalue weighted by Crippen LogP contribution is 2.38. The molecule has 0 N–H and O–H groups in total. The van der Waals surface area contributed by atoms with Crippen molar-refractivity contribution in [1.82, 2.24) is 0 Å². The Morgan fingerprint density at radius 1 is 0.732 bits per heavy atom. The molecule has 0 aliphatic carbocycles. The van der Waals surface area contributed by atoms with Crippen molar-refractivity contribution in [2.45, 2.75) is 98.3 Å². The third-order valence-electron chi connectivity index (χ3n) is 7.87. The minimum Gasteiger partial charge on any atom is -0.468 e. The predicted molar refractivity (Wildman–Crippen MR) is 184 cm³/mol. The molecule has 2 aliphatic heterocycles. The predicted octanol–water partition coefficient (Wildman–Crippen LogP) is 2.09. The van der Waals surface area contributed by atoms with Gasteiger partial charge in [0.2, 0.25) is 12.6 Å². The van der Waals surface area contributed by atoms with E-state index in [0.717, 1.165) is 41.1 Å². The number of carbonyl (C=O) groups excluding carboxylic acids is 8. The largest absolute Gasteiger partial charge is 0.468 e. The molecule has 19 nitrogen and oxygen atoms in total. The Kier molecular flexibility index (Phi) is 16.5. The van der Waals surface area contributed by atoms with Gasteiger partial charge in [0.25, 0.3) is 0 Å². The van der Waals surface area contributed by atoms with Crippen molar-refractivity contribution >= 4 is 47.8 Å². The van der Waals surface area contributed by atoms with Crippen molar-refractivity contribution in [2.75, 3.05) is 20.3 Å². The number of esters is 8. The zero-order valence-electron chi connectivity index (χ0n) is 32.0. The molecule has 56 heavy (non-hydrogen) atoms. The summed E-state index contributed by atoms with van der Waals surface area (Å²) in [5.41, 5.74) is 0.689. The molecule has 0 saturated carbocycles. The summed E-state index contributed by atoms with van der Waals surface area (Å²) in [7, 11) is 1.13. The van der Waals surface area contributed by atoms with E-state index in [1.54, 1.807) is 13.0 Å². The number of hydrogen-bond donors (Lipinski definition) is 0. The maximum atomic E-state index is 13.3. The molecule has 19 heteroatoms. The maximum absolute atomic E-state index is 13.3. The van der Waals surface area contributed by atoms with Crippen LogP contribution in [0.1, 0.15) is 60.5 Å². The molecule has 7 atom stereocenters. The first kappa shape index (κ1) is 44.6. The van der Waals surface area contributed by atoms with E-state index in [9.17, 15) is 38.4 Å². The van der Waals surface area contributed by atoms with Crippen LogP contribution in [-0.2, 0) is 87.4 Å². The van der Waals surface area contributed by atoms with Crippen LogP contribution in [0.5, 0.6) is 11.5 Å². The number of rotatable bonds is 15. The Labute approximate surface area is 321 Å². The summed E-state index contributed by atoms with van der Waals surface area (Å²) in [6.45, 7) is 7.60. The average molecular weight is 793 g/mol. The van der Waals surface area contributed by atoms with Gasteiger partial charge < -0.3 is 52.1 Å². The number of carbonyl (C=O) groups is 8. The van der Waals surface area contributed by atoms with E-state index in [4.69, 9.17) is 52.1 Å². The molecule has 306 valence electrons. The number of allylic oxidation sites excluding steroid dienone is 1. The monoisotopic (exact) mass is 792 g/mol. The van der Waals surface area contributed by atoms with Gasteiger partial charge in [-0.05, 0) is 24.6 Å². The fourth-order valence-electron chi connectivity index (χ4n) is 5.73. The van der Waals surface area contributed by atoms with Gasteiger partial charge in [-0.3, -0.25) is 33.6 Å². The van der Waals surface area contributed by atoms with Gasteiger partial charge >= 0.3 is 47.8 Å². The van der Waals surface area contributed by atoms with Crippen molar-refractivity contribution in [1.29, 1.82) is 0 Å². The molecule has 1 aromatic rings. The molecule has 1 saturated heterocycles. The zero-order valence-corrected chi connectivity index (χ0v) is 32.0. The maximum Gasteiger partial charge on any atom is 0.337 e. The van der Waals surface area contributed by atoms with E-state index in [2.05, 4.69) is 0 Å². The van der Waals surface area contributed by atoms with Crippen molar-refractivity contribution in [3.63, 3.8) is 0 Å². The molecule has 3 rings (SSSR count). The molecule has 7 unspecified atom stereocenters. The minimum atomic E-state index is -1.65. The van der Waals surface area contributed by atoms with E-state index in [1.807, 2.05) is 0 Å². The van der Waals surface area contributed by atoms with E-state index in [0.29, 0.717) is 5.56 Å². The fraction of sp³-hybridized carbons (Fsp3) is 0.514. The molecule has 1 aromatic carbocycles. The lowest BCUT2D eigenvalue weighted by Crippen LogP contribution is -2.63. The lowest BCUT2D eigenvalue weighted by molar-refractivity contribution is -0.331. The Hall–Kier alpha value is -5.82. The van der Waals surface area contributed by atoms with Crippen molar-refractivity contribution in [3.05, 3.63) is 47.2 Å². The molecule has 0 amide bonds. The smallest absolute Gasteiger partial charge is 0.337 e. The van der Waals surface area contributed by atoms with Crippen molar-refractivity contribution < 1.29 is 90.5 Å². The van der Waals surface area contributed by atoms with Crippen LogP contribution in [0.4, 0.5) is 0 Å². The molecule has 0 spiro atoms. The summed E-state index contributed by atoms with van der Waals surface area (Å²) in [6, 6.07) is 4.47. The van der Waals surface area contributed by atoms with Crippen LogP contribution in [0.15, 0.2) is 41.7 Å². The topological polar surface area (TPSA) is 238 Å². The third-order valence-corrected chi connectivity index (χ3v) is 7.87. The van der Waals surface area contributed by atoms with Gasteiger partial charge in [0, 0.05) is 59.5 Å². The molecule has 2 heterocycles. The van der Waals surface area contributed by atoms with Gasteiger partial charge in [0.05, 0.1) is 32.0 Å². The molecule has 0 radical (unpaired) electrons. The summed E-state index contributed by atoms with van der Waals surface area (Å²) >= 11 is 0. The van der Waals surface area contributed by atoms with Crippen molar-refractivity contribution in [3.8, 4) is 11.5 Å². The van der Waals surface area contributed by atoms with Gasteiger partial charge in [-0.2, -0.15) is 0 Å². The molecule has 1 fully saturated rings. The average Bonchev–Trinajstić information content (AvgIpc) is 3.09. The molecule has 2 aliphatic rings. The van der Waals surface area contributed by atoms with Crippen LogP contribution in [0.3, 0.4) is 0 Å². The number of hydrogen-bond acceptors (Lipinski definition) is 19. The van der Waals surface area contributed by atoms with Gasteiger partial charge in [-0.25, -0.2) is 4.79 Å². The Morgan fingerprint density at radius 3 is 1.91 bits per heavy atom. The van der Waals surface area contributed by atoms with Crippen LogP contribution in [-0.4, -0.2) is 105 Å². The SMILES string of the molecule is C/C=C1\C(OC2OC(COC(C)=O)C(OC(C)=O)C(OC(C)=O)C2OC(C)=O)OC=C(C(=O)OC)C1CC(=O)OCCc1ccc(OC(C)=O)c(OC(C)=O)c1. The normalized spacial score (nSPS) is 23.6. The molecule has 0 aromatic heterocycles. The van der Waals surface area contributed by atoms with Gasteiger partial charge in [0.1, 0.15) is 12.7 Å². The summed E-state index contributed by atoms with van der Waals surface area (Å²) in [4.78, 5) is 97.5. The van der Waals surface area contributed by atoms with Crippen LogP contribution < -0.4 is 9.47 Å². The fourth-order valence-corrected chi connectivity index (χ4v) is 5.73. The van der Waals surface area contributed by atoms with Gasteiger partial charge in [-0.15, -0.1) is 0 Å². The first-order chi connectivity index (χ1) is 26.4. The molecule has 0 bridgehead atoms. The van der Waals surface area contributed by atoms with Crippen LogP contribution in [0, 0.1) is 5.92 Å². The lowest BCUT2D eigenvalue weighted by atomic mass is 9.86. The van der Waals surface area contributed by atoms with E-state index in [-0.39, 0.29) is 35.7 Å². The van der Waals surface area contributed by atoms with Crippen LogP contribution in [0.25, 0.3) is 0 Å². The second-order valence-corrected chi connectivity index (χ2v) is 12.2. The summed E-state index contributed by atoms with van der Waals surface area (Å²) in [5, 5.41) is 0. The van der Waals surface area contributed by atoms with Crippen LogP contribution in [0.2, 0.25) is 0 Å². The molecular formula is C37H44O19. The third kappa shape index (κ3) is 12.9. The zero-order chi connectivity index (χ0) is 41.7.